The second-order valence-corrected chi connectivity index (χ2v) is 3.61. The third kappa shape index (κ3) is 5.53. The lowest BCUT2D eigenvalue weighted by Gasteiger charge is -2.10. The van der Waals surface area contributed by atoms with Crippen molar-refractivity contribution >= 4 is 0 Å². The van der Waals surface area contributed by atoms with Crippen LogP contribution in [0, 0.1) is 12.7 Å². The van der Waals surface area contributed by atoms with Gasteiger partial charge in [0.25, 0.3) is 0 Å². The van der Waals surface area contributed by atoms with Crippen LogP contribution in [0.3, 0.4) is 0 Å². The van der Waals surface area contributed by atoms with Crippen LogP contribution in [0.1, 0.15) is 38.8 Å². The van der Waals surface area contributed by atoms with Crippen LogP contribution in [0.5, 0.6) is 0 Å². The van der Waals surface area contributed by atoms with Crippen molar-refractivity contribution < 1.29 is 4.39 Å². The highest BCUT2D eigenvalue weighted by atomic mass is 19.1. The van der Waals surface area contributed by atoms with Gasteiger partial charge in [0.2, 0.25) is 0 Å². The maximum absolute atomic E-state index is 12.7. The number of nitrogens with one attached hydrogen (secondary N) is 1. The molecule has 0 amide bonds. The lowest BCUT2D eigenvalue weighted by atomic mass is 10.1. The topological polar surface area (TPSA) is 12.0 Å². The van der Waals surface area contributed by atoms with Crippen molar-refractivity contribution in [3.8, 4) is 0 Å². The number of rotatable bonds is 3. The monoisotopic (exact) mass is 211 g/mol. The molecule has 0 heterocycles. The van der Waals surface area contributed by atoms with E-state index in [2.05, 4.69) is 19.2 Å². The summed E-state index contributed by atoms with van der Waals surface area (Å²) in [6.45, 7) is 10.9. The van der Waals surface area contributed by atoms with Crippen molar-refractivity contribution in [2.24, 2.45) is 0 Å². The first-order chi connectivity index (χ1) is 7.09. The molecule has 1 rings (SSSR count). The van der Waals surface area contributed by atoms with Crippen LogP contribution < -0.4 is 5.32 Å². The molecule has 0 atom stereocenters. The molecule has 0 saturated heterocycles. The molecule has 0 fully saturated rings. The van der Waals surface area contributed by atoms with Crippen molar-refractivity contribution in [3.63, 3.8) is 0 Å². The first-order valence-electron chi connectivity index (χ1n) is 5.58. The number of aryl methyl sites for hydroxylation is 1. The van der Waals surface area contributed by atoms with E-state index in [1.807, 2.05) is 26.8 Å². The highest BCUT2D eigenvalue weighted by Gasteiger charge is 2.00. The Bertz CT molecular complexity index is 282. The maximum Gasteiger partial charge on any atom is 0.123 e. The molecule has 0 radical (unpaired) electrons. The zero-order chi connectivity index (χ0) is 11.8. The molecule has 1 aromatic rings. The summed E-state index contributed by atoms with van der Waals surface area (Å²) in [5, 5.41) is 3.30. The molecule has 0 aromatic heterocycles. The van der Waals surface area contributed by atoms with Crippen molar-refractivity contribution in [1.82, 2.24) is 5.32 Å². The molecule has 0 saturated carbocycles. The van der Waals surface area contributed by atoms with Gasteiger partial charge in [-0.1, -0.05) is 33.8 Å². The minimum atomic E-state index is -0.161. The van der Waals surface area contributed by atoms with E-state index >= 15 is 0 Å². The average Bonchev–Trinajstić information content (AvgIpc) is 2.19. The van der Waals surface area contributed by atoms with Gasteiger partial charge < -0.3 is 5.32 Å². The molecule has 2 heteroatoms. The van der Waals surface area contributed by atoms with Gasteiger partial charge in [-0.05, 0) is 30.2 Å². The van der Waals surface area contributed by atoms with E-state index in [4.69, 9.17) is 0 Å². The Balaban J connectivity index is 0.000000921. The molecular weight excluding hydrogens is 189 g/mol. The Kier molecular flexibility index (Phi) is 6.97. The smallest absolute Gasteiger partial charge is 0.123 e. The summed E-state index contributed by atoms with van der Waals surface area (Å²) in [5.41, 5.74) is 2.17. The van der Waals surface area contributed by atoms with Crippen molar-refractivity contribution in [3.05, 3.63) is 35.1 Å². The van der Waals surface area contributed by atoms with Gasteiger partial charge in [-0.15, -0.1) is 0 Å². The highest BCUT2D eigenvalue weighted by molar-refractivity contribution is 5.26. The van der Waals surface area contributed by atoms with E-state index < -0.39 is 0 Å². The van der Waals surface area contributed by atoms with Gasteiger partial charge in [0.05, 0.1) is 0 Å². The van der Waals surface area contributed by atoms with Gasteiger partial charge in [-0.25, -0.2) is 4.39 Å². The molecule has 1 N–H and O–H groups in total. The Hall–Kier alpha value is -0.890. The van der Waals surface area contributed by atoms with Crippen molar-refractivity contribution in [1.29, 1.82) is 0 Å². The molecule has 1 nitrogen and oxygen atoms in total. The molecule has 1 aromatic carbocycles. The van der Waals surface area contributed by atoms with Gasteiger partial charge in [-0.2, -0.15) is 0 Å². The summed E-state index contributed by atoms with van der Waals surface area (Å²) in [7, 11) is 0. The standard InChI is InChI=1S/C11H16FN.C2H6/c1-8(2)13-7-10-4-5-11(12)6-9(10)3;1-2/h4-6,8,13H,7H2,1-3H3;1-2H3. The van der Waals surface area contributed by atoms with Crippen molar-refractivity contribution in [2.45, 2.75) is 47.2 Å². The molecule has 0 aliphatic heterocycles. The minimum Gasteiger partial charge on any atom is -0.310 e. The van der Waals surface area contributed by atoms with E-state index in [0.717, 1.165) is 17.7 Å². The third-order valence-electron chi connectivity index (χ3n) is 2.01. The molecule has 86 valence electrons. The van der Waals surface area contributed by atoms with Crippen LogP contribution in [-0.2, 0) is 6.54 Å². The Morgan fingerprint density at radius 2 is 1.87 bits per heavy atom. The number of halogens is 1. The number of benzene rings is 1. The Morgan fingerprint density at radius 3 is 2.33 bits per heavy atom. The fraction of sp³-hybridized carbons (Fsp3) is 0.538. The van der Waals surface area contributed by atoms with Crippen molar-refractivity contribution in [2.75, 3.05) is 0 Å². The Morgan fingerprint density at radius 1 is 1.27 bits per heavy atom. The van der Waals surface area contributed by atoms with Crippen LogP contribution in [0.25, 0.3) is 0 Å². The summed E-state index contributed by atoms with van der Waals surface area (Å²) in [4.78, 5) is 0. The van der Waals surface area contributed by atoms with E-state index in [1.165, 1.54) is 6.07 Å². The maximum atomic E-state index is 12.7. The van der Waals surface area contributed by atoms with Crippen LogP contribution in [0.2, 0.25) is 0 Å². The van der Waals surface area contributed by atoms with Crippen LogP contribution in [-0.4, -0.2) is 6.04 Å². The highest BCUT2D eigenvalue weighted by Crippen LogP contribution is 2.09. The quantitative estimate of drug-likeness (QED) is 0.804. The summed E-state index contributed by atoms with van der Waals surface area (Å²) in [5.74, 6) is -0.161. The van der Waals surface area contributed by atoms with E-state index in [1.54, 1.807) is 6.07 Å². The fourth-order valence-electron chi connectivity index (χ4n) is 1.17. The first-order valence-corrected chi connectivity index (χ1v) is 5.58. The van der Waals surface area contributed by atoms with E-state index in [9.17, 15) is 4.39 Å². The minimum absolute atomic E-state index is 0.161. The van der Waals surface area contributed by atoms with Crippen LogP contribution in [0.15, 0.2) is 18.2 Å². The van der Waals surface area contributed by atoms with Gasteiger partial charge in [0, 0.05) is 12.6 Å². The lowest BCUT2D eigenvalue weighted by molar-refractivity contribution is 0.584. The fourth-order valence-corrected chi connectivity index (χ4v) is 1.17. The largest absolute Gasteiger partial charge is 0.310 e. The lowest BCUT2D eigenvalue weighted by Crippen LogP contribution is -2.22. The Labute approximate surface area is 92.7 Å². The normalized spacial score (nSPS) is 9.80. The summed E-state index contributed by atoms with van der Waals surface area (Å²) >= 11 is 0. The molecule has 0 spiro atoms. The van der Waals surface area contributed by atoms with Gasteiger partial charge >= 0.3 is 0 Å². The molecular formula is C13H22FN. The molecule has 0 unspecified atom stereocenters. The van der Waals surface area contributed by atoms with Crippen LogP contribution >= 0.6 is 0 Å². The van der Waals surface area contributed by atoms with Crippen LogP contribution in [0.4, 0.5) is 4.39 Å². The molecule has 15 heavy (non-hydrogen) atoms. The third-order valence-corrected chi connectivity index (χ3v) is 2.01. The van der Waals surface area contributed by atoms with Gasteiger partial charge in [0.1, 0.15) is 5.82 Å². The second-order valence-electron chi connectivity index (χ2n) is 3.61. The molecule has 0 aliphatic rings. The predicted octanol–water partition coefficient (Wildman–Crippen LogP) is 3.66. The second kappa shape index (κ2) is 7.41. The summed E-state index contributed by atoms with van der Waals surface area (Å²) in [6.07, 6.45) is 0. The number of hydrogen-bond acceptors (Lipinski definition) is 1. The zero-order valence-electron chi connectivity index (χ0n) is 10.4. The van der Waals surface area contributed by atoms with Gasteiger partial charge in [0.15, 0.2) is 0 Å². The summed E-state index contributed by atoms with van der Waals surface area (Å²) in [6, 6.07) is 5.37. The zero-order valence-corrected chi connectivity index (χ0v) is 10.4. The van der Waals surface area contributed by atoms with E-state index in [0.29, 0.717) is 6.04 Å². The average molecular weight is 211 g/mol. The predicted molar refractivity (Wildman–Crippen MR) is 64.5 cm³/mol. The number of hydrogen-bond donors (Lipinski definition) is 1. The van der Waals surface area contributed by atoms with E-state index in [-0.39, 0.29) is 5.82 Å². The molecule has 0 aliphatic carbocycles. The summed E-state index contributed by atoms with van der Waals surface area (Å²) < 4.78 is 12.7. The van der Waals surface area contributed by atoms with Gasteiger partial charge in [-0.3, -0.25) is 0 Å². The first kappa shape index (κ1) is 14.1. The SMILES string of the molecule is CC.Cc1cc(F)ccc1CNC(C)C. The molecule has 0 bridgehead atoms.